The number of nitrogens with one attached hydrogen (secondary N) is 1. The Labute approximate surface area is 77.9 Å². The van der Waals surface area contributed by atoms with Crippen molar-refractivity contribution in [2.24, 2.45) is 0 Å². The van der Waals surface area contributed by atoms with Crippen molar-refractivity contribution in [1.82, 2.24) is 5.32 Å². The van der Waals surface area contributed by atoms with Crippen molar-refractivity contribution in [3.8, 4) is 5.75 Å². The Morgan fingerprint density at radius 1 is 1.38 bits per heavy atom. The first kappa shape index (κ1) is 8.38. The molecule has 0 spiro atoms. The molecule has 3 N–H and O–H groups in total. The first-order chi connectivity index (χ1) is 6.31. The number of nitrogens with two attached hydrogens (primary N) is 1. The second-order valence-corrected chi connectivity index (χ2v) is 3.29. The van der Waals surface area contributed by atoms with Gasteiger partial charge in [0, 0.05) is 6.54 Å². The van der Waals surface area contributed by atoms with E-state index in [1.165, 1.54) is 11.1 Å². The van der Waals surface area contributed by atoms with E-state index in [9.17, 15) is 0 Å². The Balaban J connectivity index is 2.44. The number of fused-ring (bicyclic) bond motifs is 1. The Bertz CT molecular complexity index is 323. The summed E-state index contributed by atoms with van der Waals surface area (Å²) in [5.41, 5.74) is 9.20. The van der Waals surface area contributed by atoms with E-state index in [0.29, 0.717) is 0 Å². The number of benzene rings is 1. The molecule has 1 aliphatic rings. The monoisotopic (exact) mass is 178 g/mol. The van der Waals surface area contributed by atoms with Crippen molar-refractivity contribution in [1.29, 1.82) is 0 Å². The summed E-state index contributed by atoms with van der Waals surface area (Å²) >= 11 is 0. The van der Waals surface area contributed by atoms with Crippen molar-refractivity contribution in [2.75, 3.05) is 19.4 Å². The van der Waals surface area contributed by atoms with Crippen LogP contribution in [-0.4, -0.2) is 13.7 Å². The molecule has 0 saturated carbocycles. The molecular formula is C10H14N2O. The van der Waals surface area contributed by atoms with Crippen molar-refractivity contribution in [2.45, 2.75) is 13.0 Å². The molecule has 1 heterocycles. The van der Waals surface area contributed by atoms with E-state index < -0.39 is 0 Å². The Kier molecular flexibility index (Phi) is 2.10. The van der Waals surface area contributed by atoms with Gasteiger partial charge in [0.05, 0.1) is 12.8 Å². The van der Waals surface area contributed by atoms with Gasteiger partial charge >= 0.3 is 0 Å². The minimum Gasteiger partial charge on any atom is -0.495 e. The largest absolute Gasteiger partial charge is 0.495 e. The molecule has 0 bridgehead atoms. The number of nitrogen functional groups attached to an aromatic ring is 1. The zero-order valence-electron chi connectivity index (χ0n) is 7.76. The van der Waals surface area contributed by atoms with Gasteiger partial charge in [-0.1, -0.05) is 0 Å². The zero-order valence-corrected chi connectivity index (χ0v) is 7.76. The van der Waals surface area contributed by atoms with Crippen LogP contribution in [0, 0.1) is 0 Å². The van der Waals surface area contributed by atoms with Crippen molar-refractivity contribution < 1.29 is 4.74 Å². The highest BCUT2D eigenvalue weighted by atomic mass is 16.5. The second-order valence-electron chi connectivity index (χ2n) is 3.29. The van der Waals surface area contributed by atoms with E-state index in [1.807, 2.05) is 12.1 Å². The number of ether oxygens (including phenoxy) is 1. The van der Waals surface area contributed by atoms with Crippen LogP contribution in [0.4, 0.5) is 5.69 Å². The lowest BCUT2D eigenvalue weighted by molar-refractivity contribution is 0.415. The van der Waals surface area contributed by atoms with E-state index in [1.54, 1.807) is 7.11 Å². The number of hydrogen-bond donors (Lipinski definition) is 2. The van der Waals surface area contributed by atoms with Crippen LogP contribution in [0.2, 0.25) is 0 Å². The summed E-state index contributed by atoms with van der Waals surface area (Å²) in [6.07, 6.45) is 1.06. The van der Waals surface area contributed by atoms with E-state index in [0.717, 1.165) is 30.9 Å². The fourth-order valence-electron chi connectivity index (χ4n) is 1.71. The summed E-state index contributed by atoms with van der Waals surface area (Å²) < 4.78 is 5.16. The van der Waals surface area contributed by atoms with Crippen LogP contribution < -0.4 is 15.8 Å². The molecule has 3 nitrogen and oxygen atoms in total. The molecule has 70 valence electrons. The molecule has 0 aromatic heterocycles. The van der Waals surface area contributed by atoms with Crippen LogP contribution in [0.1, 0.15) is 11.1 Å². The lowest BCUT2D eigenvalue weighted by atomic mass is 10.00. The molecular weight excluding hydrogens is 164 g/mol. The summed E-state index contributed by atoms with van der Waals surface area (Å²) in [7, 11) is 1.65. The van der Waals surface area contributed by atoms with Crippen LogP contribution in [0.15, 0.2) is 12.1 Å². The number of methoxy groups -OCH3 is 1. The van der Waals surface area contributed by atoms with Crippen LogP contribution in [0.3, 0.4) is 0 Å². The molecule has 1 aromatic rings. The first-order valence-corrected chi connectivity index (χ1v) is 4.47. The smallest absolute Gasteiger partial charge is 0.142 e. The van der Waals surface area contributed by atoms with Gasteiger partial charge in [-0.05, 0) is 36.2 Å². The standard InChI is InChI=1S/C10H14N2O/c1-13-10-5-8-6-12-3-2-7(8)4-9(10)11/h4-5,12H,2-3,6,11H2,1H3. The molecule has 0 unspecified atom stereocenters. The maximum Gasteiger partial charge on any atom is 0.142 e. The van der Waals surface area contributed by atoms with Gasteiger partial charge in [0.25, 0.3) is 0 Å². The fourth-order valence-corrected chi connectivity index (χ4v) is 1.71. The van der Waals surface area contributed by atoms with Crippen LogP contribution in [-0.2, 0) is 13.0 Å². The molecule has 0 aliphatic carbocycles. The highest BCUT2D eigenvalue weighted by Crippen LogP contribution is 2.27. The van der Waals surface area contributed by atoms with Gasteiger partial charge in [-0.3, -0.25) is 0 Å². The summed E-state index contributed by atoms with van der Waals surface area (Å²) in [4.78, 5) is 0. The molecule has 13 heavy (non-hydrogen) atoms. The van der Waals surface area contributed by atoms with E-state index in [-0.39, 0.29) is 0 Å². The van der Waals surface area contributed by atoms with Gasteiger partial charge in [-0.15, -0.1) is 0 Å². The van der Waals surface area contributed by atoms with Crippen LogP contribution >= 0.6 is 0 Å². The second kappa shape index (κ2) is 3.26. The zero-order chi connectivity index (χ0) is 9.26. The van der Waals surface area contributed by atoms with Crippen molar-refractivity contribution in [3.63, 3.8) is 0 Å². The first-order valence-electron chi connectivity index (χ1n) is 4.47. The van der Waals surface area contributed by atoms with Crippen molar-refractivity contribution >= 4 is 5.69 Å². The molecule has 2 rings (SSSR count). The number of anilines is 1. The summed E-state index contributed by atoms with van der Waals surface area (Å²) in [6.45, 7) is 1.96. The predicted molar refractivity (Wildman–Crippen MR) is 52.8 cm³/mol. The third-order valence-electron chi connectivity index (χ3n) is 2.44. The minimum atomic E-state index is 0.739. The van der Waals surface area contributed by atoms with Gasteiger partial charge in [0.15, 0.2) is 0 Å². The fraction of sp³-hybridized carbons (Fsp3) is 0.400. The highest BCUT2D eigenvalue weighted by Gasteiger charge is 2.11. The van der Waals surface area contributed by atoms with Gasteiger partial charge < -0.3 is 15.8 Å². The lowest BCUT2D eigenvalue weighted by Gasteiger charge is -2.18. The Morgan fingerprint density at radius 3 is 3.00 bits per heavy atom. The van der Waals surface area contributed by atoms with E-state index in [4.69, 9.17) is 10.5 Å². The molecule has 0 radical (unpaired) electrons. The summed E-state index contributed by atoms with van der Waals surface area (Å²) in [5.74, 6) is 0.780. The molecule has 0 fully saturated rings. The van der Waals surface area contributed by atoms with Crippen molar-refractivity contribution in [3.05, 3.63) is 23.3 Å². The van der Waals surface area contributed by atoms with Gasteiger partial charge in [0.1, 0.15) is 5.75 Å². The van der Waals surface area contributed by atoms with Gasteiger partial charge in [-0.25, -0.2) is 0 Å². The van der Waals surface area contributed by atoms with E-state index in [2.05, 4.69) is 5.32 Å². The van der Waals surface area contributed by atoms with Crippen LogP contribution in [0.5, 0.6) is 5.75 Å². The predicted octanol–water partition coefficient (Wildman–Crippen LogP) is 0.923. The number of rotatable bonds is 1. The average Bonchev–Trinajstić information content (AvgIpc) is 2.17. The third-order valence-corrected chi connectivity index (χ3v) is 2.44. The van der Waals surface area contributed by atoms with Gasteiger partial charge in [-0.2, -0.15) is 0 Å². The highest BCUT2D eigenvalue weighted by molar-refractivity contribution is 5.57. The van der Waals surface area contributed by atoms with Crippen LogP contribution in [0.25, 0.3) is 0 Å². The minimum absolute atomic E-state index is 0.739. The average molecular weight is 178 g/mol. The molecule has 0 amide bonds. The topological polar surface area (TPSA) is 47.3 Å². The molecule has 1 aromatic carbocycles. The molecule has 0 saturated heterocycles. The lowest BCUT2D eigenvalue weighted by Crippen LogP contribution is -2.23. The molecule has 0 atom stereocenters. The normalized spacial score (nSPS) is 15.2. The Hall–Kier alpha value is -1.22. The summed E-state index contributed by atoms with van der Waals surface area (Å²) in [6, 6.07) is 4.05. The molecule has 1 aliphatic heterocycles. The Morgan fingerprint density at radius 2 is 2.23 bits per heavy atom. The maximum atomic E-state index is 5.81. The van der Waals surface area contributed by atoms with E-state index >= 15 is 0 Å². The number of hydrogen-bond acceptors (Lipinski definition) is 3. The quantitative estimate of drug-likeness (QED) is 0.629. The molecule has 3 heteroatoms. The van der Waals surface area contributed by atoms with Gasteiger partial charge in [0.2, 0.25) is 0 Å². The summed E-state index contributed by atoms with van der Waals surface area (Å²) in [5, 5.41) is 3.32. The third kappa shape index (κ3) is 1.47. The SMILES string of the molecule is COc1cc2c(cc1N)CCNC2. The maximum absolute atomic E-state index is 5.81.